The molecule has 0 bridgehead atoms. The summed E-state index contributed by atoms with van der Waals surface area (Å²) in [6.07, 6.45) is 4.50. The molecule has 1 saturated heterocycles. The molecule has 21 heavy (non-hydrogen) atoms. The topological polar surface area (TPSA) is 20.3 Å². The van der Waals surface area contributed by atoms with Crippen molar-refractivity contribution in [2.75, 3.05) is 13.1 Å². The number of benzene rings is 1. The van der Waals surface area contributed by atoms with Gasteiger partial charge in [-0.2, -0.15) is 0 Å². The fourth-order valence-electron chi connectivity index (χ4n) is 2.88. The summed E-state index contributed by atoms with van der Waals surface area (Å²) in [5.74, 6) is -1.86. The van der Waals surface area contributed by atoms with Gasteiger partial charge in [0.25, 0.3) is 0 Å². The minimum atomic E-state index is -0.905. The van der Waals surface area contributed by atoms with E-state index in [9.17, 15) is 13.6 Å². The molecule has 0 spiro atoms. The Balaban J connectivity index is 2.12. The van der Waals surface area contributed by atoms with Gasteiger partial charge in [0.05, 0.1) is 5.54 Å². The molecule has 1 aliphatic heterocycles. The fourth-order valence-corrected chi connectivity index (χ4v) is 2.88. The van der Waals surface area contributed by atoms with Gasteiger partial charge in [-0.3, -0.25) is 9.69 Å². The molecule has 1 aliphatic rings. The van der Waals surface area contributed by atoms with Gasteiger partial charge in [-0.1, -0.05) is 25.0 Å². The number of nitrogens with zero attached hydrogens (tertiary/aromatic N) is 1. The Morgan fingerprint density at radius 3 is 2.38 bits per heavy atom. The first-order chi connectivity index (χ1) is 9.93. The fraction of sp³-hybridized carbons (Fsp3) is 0.588. The maximum Gasteiger partial charge on any atom is 0.162 e. The molecule has 1 fully saturated rings. The van der Waals surface area contributed by atoms with Gasteiger partial charge in [0.2, 0.25) is 0 Å². The van der Waals surface area contributed by atoms with Crippen LogP contribution in [0, 0.1) is 11.6 Å². The quantitative estimate of drug-likeness (QED) is 0.843. The van der Waals surface area contributed by atoms with Crippen molar-refractivity contribution >= 4 is 5.78 Å². The third-order valence-electron chi connectivity index (χ3n) is 4.46. The first kappa shape index (κ1) is 16.1. The molecule has 116 valence electrons. The predicted octanol–water partition coefficient (Wildman–Crippen LogP) is 3.73. The van der Waals surface area contributed by atoms with Crippen molar-refractivity contribution in [3.63, 3.8) is 0 Å². The van der Waals surface area contributed by atoms with Crippen molar-refractivity contribution in [3.05, 3.63) is 35.4 Å². The Hall–Kier alpha value is -1.29. The summed E-state index contributed by atoms with van der Waals surface area (Å²) >= 11 is 0. The van der Waals surface area contributed by atoms with E-state index in [0.717, 1.165) is 32.0 Å². The molecule has 0 atom stereocenters. The lowest BCUT2D eigenvalue weighted by molar-refractivity contribution is -0.128. The van der Waals surface area contributed by atoms with Crippen molar-refractivity contribution in [1.82, 2.24) is 4.90 Å². The minimum absolute atomic E-state index is 0.0612. The van der Waals surface area contributed by atoms with Crippen LogP contribution in [0.1, 0.15) is 45.1 Å². The van der Waals surface area contributed by atoms with Crippen LogP contribution in [-0.2, 0) is 11.2 Å². The van der Waals surface area contributed by atoms with Gasteiger partial charge in [0, 0.05) is 6.42 Å². The minimum Gasteiger partial charge on any atom is -0.297 e. The summed E-state index contributed by atoms with van der Waals surface area (Å²) in [6, 6.07) is 4.00. The summed E-state index contributed by atoms with van der Waals surface area (Å²) in [7, 11) is 0. The van der Waals surface area contributed by atoms with Crippen LogP contribution in [0.3, 0.4) is 0 Å². The third-order valence-corrected chi connectivity index (χ3v) is 4.46. The average molecular weight is 295 g/mol. The highest BCUT2D eigenvalue weighted by Crippen LogP contribution is 2.23. The second kappa shape index (κ2) is 6.65. The van der Waals surface area contributed by atoms with E-state index in [1.807, 2.05) is 13.8 Å². The SMILES string of the molecule is CC(C)(C(=O)Cc1cccc(F)c1F)N1CCCCCC1. The van der Waals surface area contributed by atoms with Gasteiger partial charge >= 0.3 is 0 Å². The molecule has 4 heteroatoms. The predicted molar refractivity (Wildman–Crippen MR) is 79.2 cm³/mol. The van der Waals surface area contributed by atoms with Gasteiger partial charge < -0.3 is 0 Å². The Morgan fingerprint density at radius 2 is 1.76 bits per heavy atom. The maximum absolute atomic E-state index is 13.7. The number of hydrogen-bond donors (Lipinski definition) is 0. The first-order valence-corrected chi connectivity index (χ1v) is 7.64. The Labute approximate surface area is 125 Å². The molecule has 0 N–H and O–H groups in total. The second-order valence-corrected chi connectivity index (χ2v) is 6.27. The molecule has 0 unspecified atom stereocenters. The maximum atomic E-state index is 13.7. The molecular weight excluding hydrogens is 272 g/mol. The van der Waals surface area contributed by atoms with Crippen molar-refractivity contribution < 1.29 is 13.6 Å². The van der Waals surface area contributed by atoms with Gasteiger partial charge in [-0.05, 0) is 51.4 Å². The molecule has 0 saturated carbocycles. The molecule has 1 heterocycles. The number of carbonyl (C=O) groups excluding carboxylic acids is 1. The zero-order valence-corrected chi connectivity index (χ0v) is 12.8. The Kier molecular flexibility index (Phi) is 5.09. The summed E-state index contributed by atoms with van der Waals surface area (Å²) in [5.41, 5.74) is -0.494. The van der Waals surface area contributed by atoms with Gasteiger partial charge in [0.1, 0.15) is 0 Å². The molecule has 2 rings (SSSR count). The highest BCUT2D eigenvalue weighted by molar-refractivity contribution is 5.89. The van der Waals surface area contributed by atoms with E-state index in [2.05, 4.69) is 4.90 Å². The van der Waals surface area contributed by atoms with Crippen LogP contribution in [0.15, 0.2) is 18.2 Å². The molecule has 0 aliphatic carbocycles. The zero-order valence-electron chi connectivity index (χ0n) is 12.8. The van der Waals surface area contributed by atoms with E-state index < -0.39 is 17.2 Å². The standard InChI is InChI=1S/C17H23F2NO/c1-17(2,20-10-5-3-4-6-11-20)15(21)12-13-8-7-9-14(18)16(13)19/h7-9H,3-6,10-12H2,1-2H3. The van der Waals surface area contributed by atoms with E-state index in [1.165, 1.54) is 25.0 Å². The number of hydrogen-bond acceptors (Lipinski definition) is 2. The van der Waals surface area contributed by atoms with Crippen molar-refractivity contribution in [2.45, 2.75) is 51.5 Å². The van der Waals surface area contributed by atoms with Gasteiger partial charge in [-0.15, -0.1) is 0 Å². The largest absolute Gasteiger partial charge is 0.297 e. The van der Waals surface area contributed by atoms with Crippen molar-refractivity contribution in [1.29, 1.82) is 0 Å². The normalized spacial score (nSPS) is 17.5. The monoisotopic (exact) mass is 295 g/mol. The van der Waals surface area contributed by atoms with Crippen LogP contribution in [0.4, 0.5) is 8.78 Å². The highest BCUT2D eigenvalue weighted by atomic mass is 19.2. The Morgan fingerprint density at radius 1 is 1.14 bits per heavy atom. The zero-order chi connectivity index (χ0) is 15.5. The van der Waals surface area contributed by atoms with Crippen LogP contribution >= 0.6 is 0 Å². The number of rotatable bonds is 4. The molecule has 2 nitrogen and oxygen atoms in total. The first-order valence-electron chi connectivity index (χ1n) is 7.64. The molecule has 0 radical (unpaired) electrons. The number of Topliss-reactive ketones (excluding diaryl/α,β-unsaturated/α-hetero) is 1. The van der Waals surface area contributed by atoms with Crippen LogP contribution in [0.5, 0.6) is 0 Å². The van der Waals surface area contributed by atoms with Crippen LogP contribution in [-0.4, -0.2) is 29.3 Å². The number of ketones is 1. The van der Waals surface area contributed by atoms with Gasteiger partial charge in [-0.25, -0.2) is 8.78 Å². The number of carbonyl (C=O) groups is 1. The van der Waals surface area contributed by atoms with E-state index >= 15 is 0 Å². The summed E-state index contributed by atoms with van der Waals surface area (Å²) in [4.78, 5) is 14.8. The lowest BCUT2D eigenvalue weighted by atomic mass is 9.91. The van der Waals surface area contributed by atoms with Crippen molar-refractivity contribution in [3.8, 4) is 0 Å². The molecule has 1 aromatic rings. The lowest BCUT2D eigenvalue weighted by Gasteiger charge is -2.36. The van der Waals surface area contributed by atoms with Crippen molar-refractivity contribution in [2.24, 2.45) is 0 Å². The highest BCUT2D eigenvalue weighted by Gasteiger charge is 2.34. The molecule has 1 aromatic carbocycles. The van der Waals surface area contributed by atoms with E-state index in [1.54, 1.807) is 0 Å². The van der Waals surface area contributed by atoms with E-state index in [0.29, 0.717) is 0 Å². The molecule has 0 aromatic heterocycles. The number of halogens is 2. The van der Waals surface area contributed by atoms with Crippen LogP contribution in [0.2, 0.25) is 0 Å². The summed E-state index contributed by atoms with van der Waals surface area (Å²) in [6.45, 7) is 5.56. The van der Waals surface area contributed by atoms with E-state index in [4.69, 9.17) is 0 Å². The second-order valence-electron chi connectivity index (χ2n) is 6.27. The average Bonchev–Trinajstić information content (AvgIpc) is 2.73. The molecular formula is C17H23F2NO. The number of likely N-dealkylation sites (tertiary alicyclic amines) is 1. The van der Waals surface area contributed by atoms with Crippen LogP contribution < -0.4 is 0 Å². The smallest absolute Gasteiger partial charge is 0.162 e. The van der Waals surface area contributed by atoms with Crippen LogP contribution in [0.25, 0.3) is 0 Å². The van der Waals surface area contributed by atoms with E-state index in [-0.39, 0.29) is 17.8 Å². The summed E-state index contributed by atoms with van der Waals surface area (Å²) < 4.78 is 27.0. The summed E-state index contributed by atoms with van der Waals surface area (Å²) in [5, 5.41) is 0. The van der Waals surface area contributed by atoms with Gasteiger partial charge in [0.15, 0.2) is 17.4 Å². The molecule has 0 amide bonds. The lowest BCUT2D eigenvalue weighted by Crippen LogP contribution is -2.51. The third kappa shape index (κ3) is 3.67. The Bertz CT molecular complexity index is 506.